The van der Waals surface area contributed by atoms with E-state index in [-0.39, 0.29) is 16.6 Å². The number of sulfonamides is 1. The molecule has 7 nitrogen and oxygen atoms in total. The number of nitrogens with one attached hydrogen (secondary N) is 1. The van der Waals surface area contributed by atoms with Crippen molar-refractivity contribution in [2.75, 3.05) is 38.7 Å². The molecule has 1 saturated heterocycles. The SMILES string of the molecule is COc1ccc(NC(=O)C[C@H]2C[C@H]3CC[C@@H]2C3)cc1S(=O)(=O)N1CCOCC1. The minimum Gasteiger partial charge on any atom is -0.495 e. The first-order chi connectivity index (χ1) is 13.5. The Morgan fingerprint density at radius 1 is 1.25 bits per heavy atom. The van der Waals surface area contributed by atoms with Gasteiger partial charge in [-0.15, -0.1) is 0 Å². The maximum atomic E-state index is 13.0. The van der Waals surface area contributed by atoms with E-state index < -0.39 is 10.0 Å². The van der Waals surface area contributed by atoms with Crippen LogP contribution < -0.4 is 10.1 Å². The number of ether oxygens (including phenoxy) is 2. The van der Waals surface area contributed by atoms with Crippen LogP contribution in [-0.4, -0.2) is 52.0 Å². The Balaban J connectivity index is 1.49. The molecule has 3 atom stereocenters. The van der Waals surface area contributed by atoms with Gasteiger partial charge in [0, 0.05) is 25.2 Å². The van der Waals surface area contributed by atoms with Crippen LogP contribution in [0.25, 0.3) is 0 Å². The van der Waals surface area contributed by atoms with E-state index in [0.29, 0.717) is 50.2 Å². The van der Waals surface area contributed by atoms with Gasteiger partial charge in [-0.3, -0.25) is 4.79 Å². The lowest BCUT2D eigenvalue weighted by Gasteiger charge is -2.27. The molecule has 4 rings (SSSR count). The van der Waals surface area contributed by atoms with Crippen LogP contribution in [0.3, 0.4) is 0 Å². The molecule has 8 heteroatoms. The highest BCUT2D eigenvalue weighted by Crippen LogP contribution is 2.49. The van der Waals surface area contributed by atoms with Gasteiger partial charge in [0.05, 0.1) is 20.3 Å². The van der Waals surface area contributed by atoms with E-state index in [0.717, 1.165) is 12.3 Å². The Labute approximate surface area is 166 Å². The number of hydrogen-bond donors (Lipinski definition) is 1. The molecule has 28 heavy (non-hydrogen) atoms. The molecule has 1 N–H and O–H groups in total. The first kappa shape index (κ1) is 19.7. The van der Waals surface area contributed by atoms with E-state index in [1.54, 1.807) is 12.1 Å². The molecule has 0 spiro atoms. The van der Waals surface area contributed by atoms with Crippen molar-refractivity contribution in [2.45, 2.75) is 37.0 Å². The van der Waals surface area contributed by atoms with Crippen LogP contribution in [0.2, 0.25) is 0 Å². The highest BCUT2D eigenvalue weighted by molar-refractivity contribution is 7.89. The summed E-state index contributed by atoms with van der Waals surface area (Å²) in [6.45, 7) is 1.38. The van der Waals surface area contributed by atoms with Crippen LogP contribution in [0.1, 0.15) is 32.1 Å². The quantitative estimate of drug-likeness (QED) is 0.782. The molecule has 3 fully saturated rings. The summed E-state index contributed by atoms with van der Waals surface area (Å²) in [4.78, 5) is 12.6. The molecule has 2 bridgehead atoms. The fourth-order valence-electron chi connectivity index (χ4n) is 4.96. The van der Waals surface area contributed by atoms with Crippen LogP contribution in [0.15, 0.2) is 23.1 Å². The number of hydrogen-bond acceptors (Lipinski definition) is 5. The van der Waals surface area contributed by atoms with Crippen molar-refractivity contribution in [3.63, 3.8) is 0 Å². The van der Waals surface area contributed by atoms with Gasteiger partial charge >= 0.3 is 0 Å². The molecule has 1 aromatic carbocycles. The van der Waals surface area contributed by atoms with Gasteiger partial charge in [0.15, 0.2) is 0 Å². The largest absolute Gasteiger partial charge is 0.495 e. The first-order valence-corrected chi connectivity index (χ1v) is 11.5. The summed E-state index contributed by atoms with van der Waals surface area (Å²) in [5.74, 6) is 2.18. The van der Waals surface area contributed by atoms with Gasteiger partial charge in [-0.2, -0.15) is 4.31 Å². The topological polar surface area (TPSA) is 84.9 Å². The average molecular weight is 409 g/mol. The Bertz CT molecular complexity index is 835. The number of carbonyl (C=O) groups is 1. The van der Waals surface area contributed by atoms with E-state index in [1.165, 1.54) is 36.7 Å². The Kier molecular flexibility index (Phi) is 5.62. The van der Waals surface area contributed by atoms with Crippen molar-refractivity contribution < 1.29 is 22.7 Å². The smallest absolute Gasteiger partial charge is 0.246 e. The number of carbonyl (C=O) groups excluding carboxylic acids is 1. The minimum atomic E-state index is -3.72. The van der Waals surface area contributed by atoms with Gasteiger partial charge in [-0.05, 0) is 55.2 Å². The summed E-state index contributed by atoms with van der Waals surface area (Å²) in [7, 11) is -2.27. The van der Waals surface area contributed by atoms with Crippen molar-refractivity contribution in [3.8, 4) is 5.75 Å². The lowest BCUT2D eigenvalue weighted by atomic mass is 9.86. The van der Waals surface area contributed by atoms with E-state index in [2.05, 4.69) is 5.32 Å². The zero-order valence-corrected chi connectivity index (χ0v) is 17.0. The summed E-state index contributed by atoms with van der Waals surface area (Å²) >= 11 is 0. The van der Waals surface area contributed by atoms with E-state index >= 15 is 0 Å². The fourth-order valence-corrected chi connectivity index (χ4v) is 6.55. The van der Waals surface area contributed by atoms with Gasteiger partial charge in [0.25, 0.3) is 0 Å². The van der Waals surface area contributed by atoms with Gasteiger partial charge in [-0.25, -0.2) is 8.42 Å². The monoisotopic (exact) mass is 408 g/mol. The number of benzene rings is 1. The first-order valence-electron chi connectivity index (χ1n) is 10.0. The van der Waals surface area contributed by atoms with Gasteiger partial charge < -0.3 is 14.8 Å². The molecule has 154 valence electrons. The molecule has 0 unspecified atom stereocenters. The Morgan fingerprint density at radius 2 is 2.04 bits per heavy atom. The molecule has 1 aromatic rings. The van der Waals surface area contributed by atoms with Crippen molar-refractivity contribution in [1.82, 2.24) is 4.31 Å². The van der Waals surface area contributed by atoms with Gasteiger partial charge in [0.1, 0.15) is 10.6 Å². The summed E-state index contributed by atoms with van der Waals surface area (Å²) in [5, 5.41) is 2.89. The zero-order valence-electron chi connectivity index (χ0n) is 16.2. The minimum absolute atomic E-state index is 0.0440. The number of nitrogens with zero attached hydrogens (tertiary/aromatic N) is 1. The van der Waals surface area contributed by atoms with Crippen LogP contribution in [0, 0.1) is 17.8 Å². The van der Waals surface area contributed by atoms with E-state index in [9.17, 15) is 13.2 Å². The molecule has 2 saturated carbocycles. The molecule has 1 amide bonds. The summed E-state index contributed by atoms with van der Waals surface area (Å²) in [5.41, 5.74) is 0.487. The summed E-state index contributed by atoms with van der Waals surface area (Å²) < 4.78 is 38.0. The predicted octanol–water partition coefficient (Wildman–Crippen LogP) is 2.48. The third kappa shape index (κ3) is 3.90. The molecule has 1 aliphatic heterocycles. The Morgan fingerprint density at radius 3 is 2.68 bits per heavy atom. The number of amides is 1. The fraction of sp³-hybridized carbons (Fsp3) is 0.650. The lowest BCUT2D eigenvalue weighted by Crippen LogP contribution is -2.40. The lowest BCUT2D eigenvalue weighted by molar-refractivity contribution is -0.117. The maximum Gasteiger partial charge on any atom is 0.246 e. The number of methoxy groups -OCH3 is 1. The van der Waals surface area contributed by atoms with Crippen molar-refractivity contribution >= 4 is 21.6 Å². The van der Waals surface area contributed by atoms with Crippen molar-refractivity contribution in [3.05, 3.63) is 18.2 Å². The zero-order chi connectivity index (χ0) is 19.7. The van der Waals surface area contributed by atoms with Gasteiger partial charge in [-0.1, -0.05) is 6.42 Å². The van der Waals surface area contributed by atoms with E-state index in [1.807, 2.05) is 0 Å². The molecular weight excluding hydrogens is 380 g/mol. The number of fused-ring (bicyclic) bond motifs is 2. The number of anilines is 1. The molecule has 3 aliphatic rings. The molecule has 0 aromatic heterocycles. The maximum absolute atomic E-state index is 13.0. The van der Waals surface area contributed by atoms with Crippen LogP contribution in [0.5, 0.6) is 5.75 Å². The highest BCUT2D eigenvalue weighted by atomic mass is 32.2. The van der Waals surface area contributed by atoms with Crippen LogP contribution in [-0.2, 0) is 19.6 Å². The second-order valence-electron chi connectivity index (χ2n) is 8.07. The van der Waals surface area contributed by atoms with E-state index in [4.69, 9.17) is 9.47 Å². The van der Waals surface area contributed by atoms with Gasteiger partial charge in [0.2, 0.25) is 15.9 Å². The number of morpholine rings is 1. The van der Waals surface area contributed by atoms with Crippen LogP contribution in [0.4, 0.5) is 5.69 Å². The Hall–Kier alpha value is -1.64. The highest BCUT2D eigenvalue weighted by Gasteiger charge is 2.40. The third-order valence-corrected chi connectivity index (χ3v) is 8.29. The summed E-state index contributed by atoms with van der Waals surface area (Å²) in [6, 6.07) is 4.79. The molecule has 2 aliphatic carbocycles. The molecular formula is C20H28N2O5S. The summed E-state index contributed by atoms with van der Waals surface area (Å²) in [6.07, 6.45) is 5.48. The molecule has 0 radical (unpaired) electrons. The van der Waals surface area contributed by atoms with Crippen molar-refractivity contribution in [1.29, 1.82) is 0 Å². The normalized spacial score (nSPS) is 27.7. The van der Waals surface area contributed by atoms with Crippen LogP contribution >= 0.6 is 0 Å². The third-order valence-electron chi connectivity index (χ3n) is 6.37. The second kappa shape index (κ2) is 8.00. The standard InChI is InChI=1S/C20H28N2O5S/c1-26-18-5-4-17(13-19(18)28(24,25)22-6-8-27-9-7-22)21-20(23)12-16-11-14-2-3-15(16)10-14/h4-5,13-16H,2-3,6-12H2,1H3,(H,21,23)/t14-,15+,16+/m0/s1. The average Bonchev–Trinajstić information content (AvgIpc) is 3.31. The predicted molar refractivity (Wildman–Crippen MR) is 105 cm³/mol. The van der Waals surface area contributed by atoms with Crippen molar-refractivity contribution in [2.24, 2.45) is 17.8 Å². The molecule has 1 heterocycles. The second-order valence-corrected chi connectivity index (χ2v) is 9.98. The number of rotatable bonds is 6.